The second-order valence-electron chi connectivity index (χ2n) is 3.34. The second kappa shape index (κ2) is 3.53. The third-order valence-corrected chi connectivity index (χ3v) is 3.28. The molecule has 1 aliphatic carbocycles. The molecule has 0 heterocycles. The summed E-state index contributed by atoms with van der Waals surface area (Å²) in [5.41, 5.74) is 3.17. The standard InChI is InChI=1S/C11H14S/c1-12-11-7-6-9-4-2-3-5-10(9)8-11/h6-8H,2-5H2,1H3. The molecule has 1 aromatic rings. The highest BCUT2D eigenvalue weighted by atomic mass is 32.2. The third kappa shape index (κ3) is 1.51. The van der Waals surface area contributed by atoms with E-state index in [-0.39, 0.29) is 0 Å². The van der Waals surface area contributed by atoms with Crippen molar-refractivity contribution in [2.45, 2.75) is 30.6 Å². The molecule has 0 saturated heterocycles. The summed E-state index contributed by atoms with van der Waals surface area (Å²) < 4.78 is 0. The Bertz CT molecular complexity index is 278. The summed E-state index contributed by atoms with van der Waals surface area (Å²) >= 11 is 1.84. The van der Waals surface area contributed by atoms with Gasteiger partial charge >= 0.3 is 0 Å². The van der Waals surface area contributed by atoms with Crippen LogP contribution in [0.1, 0.15) is 24.0 Å². The Morgan fingerprint density at radius 1 is 1.08 bits per heavy atom. The molecular formula is C11H14S. The van der Waals surface area contributed by atoms with Crippen molar-refractivity contribution in [2.75, 3.05) is 6.26 Å². The van der Waals surface area contributed by atoms with E-state index in [4.69, 9.17) is 0 Å². The average molecular weight is 178 g/mol. The number of benzene rings is 1. The van der Waals surface area contributed by atoms with Crippen LogP contribution in [0.2, 0.25) is 0 Å². The minimum absolute atomic E-state index is 1.30. The zero-order valence-electron chi connectivity index (χ0n) is 7.47. The zero-order chi connectivity index (χ0) is 8.39. The third-order valence-electron chi connectivity index (χ3n) is 2.56. The van der Waals surface area contributed by atoms with Crippen molar-refractivity contribution in [3.8, 4) is 0 Å². The van der Waals surface area contributed by atoms with Crippen molar-refractivity contribution in [1.29, 1.82) is 0 Å². The lowest BCUT2D eigenvalue weighted by Gasteiger charge is -2.15. The average Bonchev–Trinajstić information content (AvgIpc) is 2.17. The zero-order valence-corrected chi connectivity index (χ0v) is 8.29. The van der Waals surface area contributed by atoms with Crippen molar-refractivity contribution in [2.24, 2.45) is 0 Å². The Morgan fingerprint density at radius 3 is 2.58 bits per heavy atom. The Labute approximate surface area is 78.4 Å². The molecule has 0 aliphatic heterocycles. The first kappa shape index (κ1) is 8.18. The minimum atomic E-state index is 1.30. The van der Waals surface area contributed by atoms with E-state index in [2.05, 4.69) is 24.5 Å². The van der Waals surface area contributed by atoms with E-state index in [9.17, 15) is 0 Å². The minimum Gasteiger partial charge on any atom is -0.130 e. The normalized spacial score (nSPS) is 15.8. The van der Waals surface area contributed by atoms with Gasteiger partial charge in [0.15, 0.2) is 0 Å². The first-order valence-electron chi connectivity index (χ1n) is 4.56. The van der Waals surface area contributed by atoms with Gasteiger partial charge in [0.05, 0.1) is 0 Å². The maximum atomic E-state index is 2.36. The topological polar surface area (TPSA) is 0 Å². The molecule has 0 bridgehead atoms. The van der Waals surface area contributed by atoms with Crippen LogP contribution in [0.4, 0.5) is 0 Å². The Hall–Kier alpha value is -0.430. The Balaban J connectivity index is 2.36. The molecule has 1 aromatic carbocycles. The highest BCUT2D eigenvalue weighted by molar-refractivity contribution is 7.98. The molecule has 0 fully saturated rings. The van der Waals surface area contributed by atoms with Gasteiger partial charge in [-0.1, -0.05) is 6.07 Å². The van der Waals surface area contributed by atoms with Gasteiger partial charge in [-0.3, -0.25) is 0 Å². The molecule has 0 aromatic heterocycles. The van der Waals surface area contributed by atoms with Crippen LogP contribution in [0.25, 0.3) is 0 Å². The molecule has 1 heteroatoms. The lowest BCUT2D eigenvalue weighted by Crippen LogP contribution is -2.01. The molecule has 0 amide bonds. The van der Waals surface area contributed by atoms with Gasteiger partial charge in [-0.25, -0.2) is 0 Å². The maximum Gasteiger partial charge on any atom is 0.00720 e. The molecule has 0 atom stereocenters. The molecule has 0 N–H and O–H groups in total. The number of hydrogen-bond donors (Lipinski definition) is 0. The monoisotopic (exact) mass is 178 g/mol. The Morgan fingerprint density at radius 2 is 1.83 bits per heavy atom. The number of thioether (sulfide) groups is 1. The summed E-state index contributed by atoms with van der Waals surface area (Å²) in [4.78, 5) is 1.41. The highest BCUT2D eigenvalue weighted by Crippen LogP contribution is 2.25. The summed E-state index contributed by atoms with van der Waals surface area (Å²) in [6, 6.07) is 6.91. The fraction of sp³-hybridized carbons (Fsp3) is 0.455. The van der Waals surface area contributed by atoms with Crippen LogP contribution in [-0.2, 0) is 12.8 Å². The first-order valence-corrected chi connectivity index (χ1v) is 5.78. The van der Waals surface area contributed by atoms with Crippen LogP contribution in [0.3, 0.4) is 0 Å². The van der Waals surface area contributed by atoms with Gasteiger partial charge in [0.25, 0.3) is 0 Å². The largest absolute Gasteiger partial charge is 0.130 e. The molecule has 12 heavy (non-hydrogen) atoms. The summed E-state index contributed by atoms with van der Waals surface area (Å²) in [5.74, 6) is 0. The first-order chi connectivity index (χ1) is 5.90. The predicted octanol–water partition coefficient (Wildman–Crippen LogP) is 3.29. The van der Waals surface area contributed by atoms with Crippen LogP contribution in [0, 0.1) is 0 Å². The second-order valence-corrected chi connectivity index (χ2v) is 4.22. The molecule has 0 spiro atoms. The molecule has 64 valence electrons. The fourth-order valence-corrected chi connectivity index (χ4v) is 2.30. The predicted molar refractivity (Wildman–Crippen MR) is 54.9 cm³/mol. The molecule has 0 unspecified atom stereocenters. The van der Waals surface area contributed by atoms with E-state index in [1.54, 1.807) is 11.1 Å². The van der Waals surface area contributed by atoms with Crippen LogP contribution >= 0.6 is 11.8 Å². The van der Waals surface area contributed by atoms with E-state index < -0.39 is 0 Å². The number of aryl methyl sites for hydroxylation is 2. The molecule has 0 saturated carbocycles. The van der Waals surface area contributed by atoms with Crippen LogP contribution in [-0.4, -0.2) is 6.26 Å². The Kier molecular flexibility index (Phi) is 2.40. The highest BCUT2D eigenvalue weighted by Gasteiger charge is 2.08. The lowest BCUT2D eigenvalue weighted by molar-refractivity contribution is 0.684. The van der Waals surface area contributed by atoms with Gasteiger partial charge in [0.2, 0.25) is 0 Å². The van der Waals surface area contributed by atoms with Crippen LogP contribution in [0.15, 0.2) is 23.1 Å². The van der Waals surface area contributed by atoms with Gasteiger partial charge in [-0.2, -0.15) is 0 Å². The van der Waals surface area contributed by atoms with Gasteiger partial charge < -0.3 is 0 Å². The van der Waals surface area contributed by atoms with E-state index in [1.807, 2.05) is 11.8 Å². The summed E-state index contributed by atoms with van der Waals surface area (Å²) in [5, 5.41) is 0. The number of fused-ring (bicyclic) bond motifs is 1. The SMILES string of the molecule is CSc1ccc2c(c1)CCCC2. The maximum absolute atomic E-state index is 2.36. The summed E-state index contributed by atoms with van der Waals surface area (Å²) in [6.45, 7) is 0. The van der Waals surface area contributed by atoms with Crippen LogP contribution in [0.5, 0.6) is 0 Å². The number of hydrogen-bond acceptors (Lipinski definition) is 1. The van der Waals surface area contributed by atoms with Gasteiger partial charge in [0, 0.05) is 4.90 Å². The quantitative estimate of drug-likeness (QED) is 0.595. The van der Waals surface area contributed by atoms with E-state index in [0.29, 0.717) is 0 Å². The van der Waals surface area contributed by atoms with Crippen molar-refractivity contribution >= 4 is 11.8 Å². The smallest absolute Gasteiger partial charge is 0.00720 e. The van der Waals surface area contributed by atoms with E-state index >= 15 is 0 Å². The molecule has 1 aliphatic rings. The van der Waals surface area contributed by atoms with Crippen LogP contribution < -0.4 is 0 Å². The van der Waals surface area contributed by atoms with Crippen molar-refractivity contribution in [3.05, 3.63) is 29.3 Å². The van der Waals surface area contributed by atoms with E-state index in [1.165, 1.54) is 30.6 Å². The molecule has 2 rings (SSSR count). The van der Waals surface area contributed by atoms with Gasteiger partial charge in [-0.15, -0.1) is 11.8 Å². The van der Waals surface area contributed by atoms with Crippen molar-refractivity contribution in [3.63, 3.8) is 0 Å². The fourth-order valence-electron chi connectivity index (χ4n) is 1.84. The summed E-state index contributed by atoms with van der Waals surface area (Å²) in [7, 11) is 0. The lowest BCUT2D eigenvalue weighted by atomic mass is 9.92. The summed E-state index contributed by atoms with van der Waals surface area (Å²) in [6.07, 6.45) is 7.49. The molecule has 0 nitrogen and oxygen atoms in total. The number of rotatable bonds is 1. The van der Waals surface area contributed by atoms with Crippen molar-refractivity contribution < 1.29 is 0 Å². The molecular weight excluding hydrogens is 164 g/mol. The van der Waals surface area contributed by atoms with Gasteiger partial charge in [0.1, 0.15) is 0 Å². The van der Waals surface area contributed by atoms with E-state index in [0.717, 1.165) is 0 Å². The molecule has 0 radical (unpaired) electrons. The van der Waals surface area contributed by atoms with Crippen molar-refractivity contribution in [1.82, 2.24) is 0 Å². The van der Waals surface area contributed by atoms with Gasteiger partial charge in [-0.05, 0) is 55.2 Å².